The highest BCUT2D eigenvalue weighted by molar-refractivity contribution is 5.92. The van der Waals surface area contributed by atoms with Crippen LogP contribution in [0.25, 0.3) is 10.9 Å². The minimum absolute atomic E-state index is 0.1000. The number of hydrogen-bond donors (Lipinski definition) is 6. The van der Waals surface area contributed by atoms with E-state index in [9.17, 15) is 24.0 Å². The molecule has 11 heteroatoms. The normalized spacial score (nSPS) is 13.7. The highest BCUT2D eigenvalue weighted by Gasteiger charge is 2.26. The highest BCUT2D eigenvalue weighted by Crippen LogP contribution is 2.18. The number of H-pyrrole nitrogens is 1. The molecule has 172 valence electrons. The molecule has 1 aromatic heterocycles. The minimum atomic E-state index is -1.17. The number of amides is 3. The molecule has 0 radical (unpaired) electrons. The Balaban J connectivity index is 2.04. The Labute approximate surface area is 183 Å². The second-order valence-electron chi connectivity index (χ2n) is 7.42. The van der Waals surface area contributed by atoms with Crippen LogP contribution in [0.15, 0.2) is 30.5 Å². The maximum atomic E-state index is 12.6. The molecule has 0 fully saturated rings. The van der Waals surface area contributed by atoms with Crippen LogP contribution in [0, 0.1) is 0 Å². The van der Waals surface area contributed by atoms with Crippen molar-refractivity contribution in [1.82, 2.24) is 15.6 Å². The Morgan fingerprint density at radius 1 is 1.06 bits per heavy atom. The van der Waals surface area contributed by atoms with Crippen LogP contribution in [0.3, 0.4) is 0 Å². The second kappa shape index (κ2) is 11.6. The molecule has 1 heterocycles. The van der Waals surface area contributed by atoms with E-state index in [1.54, 1.807) is 6.20 Å². The summed E-state index contributed by atoms with van der Waals surface area (Å²) in [5, 5.41) is 14.5. The standard InChI is InChI=1S/C21H27N5O6/c22-15(9-12-10-24-16-4-2-1-3-14(12)16)20(31)26-17(6-7-18(23)28)21(32)25-13(11-27)5-8-19(29)30/h1-4,10-11,13,15,17,24H,5-9,22H2,(H2,23,28)(H,25,32)(H,26,31)(H,29,30)/t13-,15-,17-/m0/s1. The van der Waals surface area contributed by atoms with Gasteiger partial charge in [-0.25, -0.2) is 0 Å². The average molecular weight is 445 g/mol. The highest BCUT2D eigenvalue weighted by atomic mass is 16.4. The van der Waals surface area contributed by atoms with E-state index in [4.69, 9.17) is 16.6 Å². The van der Waals surface area contributed by atoms with Crippen molar-refractivity contribution < 1.29 is 29.1 Å². The summed E-state index contributed by atoms with van der Waals surface area (Å²) in [5.41, 5.74) is 12.9. The Morgan fingerprint density at radius 2 is 1.78 bits per heavy atom. The molecule has 1 aromatic carbocycles. The molecular weight excluding hydrogens is 418 g/mol. The van der Waals surface area contributed by atoms with Crippen molar-refractivity contribution in [2.75, 3.05) is 0 Å². The lowest BCUT2D eigenvalue weighted by atomic mass is 10.0. The molecular formula is C21H27N5O6. The van der Waals surface area contributed by atoms with Crippen LogP contribution in [-0.4, -0.2) is 58.2 Å². The second-order valence-corrected chi connectivity index (χ2v) is 7.42. The van der Waals surface area contributed by atoms with E-state index >= 15 is 0 Å². The molecule has 3 atom stereocenters. The number of fused-ring (bicyclic) bond motifs is 1. The molecule has 0 aliphatic heterocycles. The number of benzene rings is 1. The number of aliphatic carboxylic acids is 1. The molecule has 8 N–H and O–H groups in total. The summed E-state index contributed by atoms with van der Waals surface area (Å²) in [4.78, 5) is 61.4. The van der Waals surface area contributed by atoms with Crippen molar-refractivity contribution in [1.29, 1.82) is 0 Å². The molecule has 11 nitrogen and oxygen atoms in total. The van der Waals surface area contributed by atoms with Gasteiger partial charge in [0.2, 0.25) is 17.7 Å². The summed E-state index contributed by atoms with van der Waals surface area (Å²) in [5.74, 6) is -3.14. The van der Waals surface area contributed by atoms with E-state index in [-0.39, 0.29) is 32.1 Å². The molecule has 0 unspecified atom stereocenters. The Bertz CT molecular complexity index is 988. The van der Waals surface area contributed by atoms with Crippen LogP contribution < -0.4 is 22.1 Å². The van der Waals surface area contributed by atoms with Crippen LogP contribution in [0.5, 0.6) is 0 Å². The van der Waals surface area contributed by atoms with Gasteiger partial charge in [0.05, 0.1) is 12.1 Å². The lowest BCUT2D eigenvalue weighted by molar-refractivity contribution is -0.137. The first-order valence-corrected chi connectivity index (χ1v) is 10.1. The number of hydrogen-bond acceptors (Lipinski definition) is 6. The van der Waals surface area contributed by atoms with Gasteiger partial charge in [-0.2, -0.15) is 0 Å². The molecule has 0 saturated carbocycles. The molecule has 2 aromatic rings. The lowest BCUT2D eigenvalue weighted by Gasteiger charge is -2.22. The molecule has 0 aliphatic carbocycles. The maximum Gasteiger partial charge on any atom is 0.303 e. The third kappa shape index (κ3) is 7.20. The van der Waals surface area contributed by atoms with Gasteiger partial charge in [-0.05, 0) is 30.9 Å². The third-order valence-electron chi connectivity index (χ3n) is 4.93. The first kappa shape index (κ1) is 24.5. The first-order valence-electron chi connectivity index (χ1n) is 10.1. The molecule has 0 spiro atoms. The van der Waals surface area contributed by atoms with Crippen LogP contribution in [-0.2, 0) is 30.4 Å². The summed E-state index contributed by atoms with van der Waals surface area (Å²) in [7, 11) is 0. The van der Waals surface area contributed by atoms with Gasteiger partial charge in [0.25, 0.3) is 0 Å². The Morgan fingerprint density at radius 3 is 2.44 bits per heavy atom. The number of aldehydes is 1. The van der Waals surface area contributed by atoms with Gasteiger partial charge in [-0.1, -0.05) is 18.2 Å². The van der Waals surface area contributed by atoms with Crippen molar-refractivity contribution in [3.8, 4) is 0 Å². The number of primary amides is 1. The van der Waals surface area contributed by atoms with Gasteiger partial charge in [0.1, 0.15) is 12.3 Å². The fourth-order valence-electron chi connectivity index (χ4n) is 3.20. The zero-order valence-electron chi connectivity index (χ0n) is 17.4. The molecule has 32 heavy (non-hydrogen) atoms. The molecule has 0 bridgehead atoms. The quantitative estimate of drug-likeness (QED) is 0.220. The minimum Gasteiger partial charge on any atom is -0.481 e. The smallest absolute Gasteiger partial charge is 0.303 e. The average Bonchev–Trinajstić information content (AvgIpc) is 3.16. The van der Waals surface area contributed by atoms with Gasteiger partial charge >= 0.3 is 5.97 Å². The van der Waals surface area contributed by atoms with E-state index in [2.05, 4.69) is 15.6 Å². The molecule has 2 rings (SSSR count). The van der Waals surface area contributed by atoms with E-state index < -0.39 is 41.8 Å². The monoisotopic (exact) mass is 445 g/mol. The Hall–Kier alpha value is -3.73. The van der Waals surface area contributed by atoms with Crippen molar-refractivity contribution in [3.05, 3.63) is 36.0 Å². The molecule has 0 aliphatic rings. The van der Waals surface area contributed by atoms with Gasteiger partial charge in [0.15, 0.2) is 0 Å². The van der Waals surface area contributed by atoms with Gasteiger partial charge < -0.3 is 37.0 Å². The summed E-state index contributed by atoms with van der Waals surface area (Å²) < 4.78 is 0. The lowest BCUT2D eigenvalue weighted by Crippen LogP contribution is -2.54. The number of carbonyl (C=O) groups excluding carboxylic acids is 4. The number of nitrogens with two attached hydrogens (primary N) is 2. The number of aromatic amines is 1. The summed E-state index contributed by atoms with van der Waals surface area (Å²) in [6, 6.07) is 4.33. The van der Waals surface area contributed by atoms with Crippen molar-refractivity contribution in [2.45, 2.75) is 50.2 Å². The van der Waals surface area contributed by atoms with Gasteiger partial charge in [0, 0.05) is 29.9 Å². The number of rotatable bonds is 13. The number of carboxylic acid groups (broad SMARTS) is 1. The van der Waals surface area contributed by atoms with Crippen molar-refractivity contribution in [3.63, 3.8) is 0 Å². The van der Waals surface area contributed by atoms with E-state index in [1.807, 2.05) is 24.3 Å². The van der Waals surface area contributed by atoms with E-state index in [0.29, 0.717) is 6.29 Å². The predicted molar refractivity (Wildman–Crippen MR) is 115 cm³/mol. The summed E-state index contributed by atoms with van der Waals surface area (Å²) in [6.45, 7) is 0. The van der Waals surface area contributed by atoms with Crippen LogP contribution in [0.2, 0.25) is 0 Å². The number of carbonyl (C=O) groups is 5. The summed E-state index contributed by atoms with van der Waals surface area (Å²) >= 11 is 0. The Kier molecular flexibility index (Phi) is 8.90. The SMILES string of the molecule is NC(=O)CC[C@H](NC(=O)[C@@H](N)Cc1c[nH]c2ccccc12)C(=O)N[C@H](C=O)CCC(=O)O. The number of nitrogens with one attached hydrogen (secondary N) is 3. The largest absolute Gasteiger partial charge is 0.481 e. The van der Waals surface area contributed by atoms with Crippen LogP contribution >= 0.6 is 0 Å². The topological polar surface area (TPSA) is 197 Å². The van der Waals surface area contributed by atoms with Gasteiger partial charge in [-0.3, -0.25) is 19.2 Å². The van der Waals surface area contributed by atoms with Crippen molar-refractivity contribution >= 4 is 40.9 Å². The number of carboxylic acids is 1. The van der Waals surface area contributed by atoms with E-state index in [1.165, 1.54) is 0 Å². The predicted octanol–water partition coefficient (Wildman–Crippen LogP) is -0.663. The van der Waals surface area contributed by atoms with Crippen LogP contribution in [0.4, 0.5) is 0 Å². The third-order valence-corrected chi connectivity index (χ3v) is 4.93. The van der Waals surface area contributed by atoms with Crippen molar-refractivity contribution in [2.24, 2.45) is 11.5 Å². The molecule has 0 saturated heterocycles. The number of para-hydroxylation sites is 1. The van der Waals surface area contributed by atoms with Gasteiger partial charge in [-0.15, -0.1) is 0 Å². The zero-order valence-corrected chi connectivity index (χ0v) is 17.4. The van der Waals surface area contributed by atoms with E-state index in [0.717, 1.165) is 16.5 Å². The fourth-order valence-corrected chi connectivity index (χ4v) is 3.20. The first-order chi connectivity index (χ1) is 15.2. The maximum absolute atomic E-state index is 12.6. The van der Waals surface area contributed by atoms with Crippen LogP contribution in [0.1, 0.15) is 31.2 Å². The zero-order chi connectivity index (χ0) is 23.7. The summed E-state index contributed by atoms with van der Waals surface area (Å²) in [6.07, 6.45) is 1.66. The molecule has 3 amide bonds. The number of aromatic nitrogens is 1. The fraction of sp³-hybridized carbons (Fsp3) is 0.381.